The average Bonchev–Trinajstić information content (AvgIpc) is 2.22. The lowest BCUT2D eigenvalue weighted by atomic mass is 10.2. The van der Waals surface area contributed by atoms with Crippen molar-refractivity contribution < 1.29 is 24.2 Å². The van der Waals surface area contributed by atoms with Crippen molar-refractivity contribution in [2.24, 2.45) is 5.73 Å². The van der Waals surface area contributed by atoms with Gasteiger partial charge in [-0.3, -0.25) is 9.59 Å². The van der Waals surface area contributed by atoms with Gasteiger partial charge in [0.05, 0.1) is 0 Å². The van der Waals surface area contributed by atoms with Gasteiger partial charge in [0.25, 0.3) is 0 Å². The Hall–Kier alpha value is -1.83. The van der Waals surface area contributed by atoms with Crippen LogP contribution in [0, 0.1) is 0 Å². The summed E-state index contributed by atoms with van der Waals surface area (Å²) in [5.41, 5.74) is 4.66. The molecule has 8 nitrogen and oxygen atoms in total. The Morgan fingerprint density at radius 2 is 1.79 bits per heavy atom. The third kappa shape index (κ3) is 7.24. The summed E-state index contributed by atoms with van der Waals surface area (Å²) in [6.45, 7) is 6.17. The number of carbonyl (C=O) groups excluding carboxylic acids is 2. The number of amides is 2. The quantitative estimate of drug-likeness (QED) is 0.531. The maximum absolute atomic E-state index is 11.7. The Morgan fingerprint density at radius 3 is 2.16 bits per heavy atom. The largest absolute Gasteiger partial charge is 0.480 e. The summed E-state index contributed by atoms with van der Waals surface area (Å²) >= 11 is 0. The second kappa shape index (κ2) is 6.93. The molecule has 0 aliphatic heterocycles. The molecule has 0 radical (unpaired) electrons. The summed E-state index contributed by atoms with van der Waals surface area (Å²) in [4.78, 5) is 33.7. The molecule has 0 unspecified atom stereocenters. The Morgan fingerprint density at radius 1 is 1.26 bits per heavy atom. The lowest BCUT2D eigenvalue weighted by molar-refractivity contribution is -0.141. The van der Waals surface area contributed by atoms with Crippen molar-refractivity contribution >= 4 is 18.0 Å². The summed E-state index contributed by atoms with van der Waals surface area (Å²) in [5, 5.41) is 13.1. The number of alkyl carbamates (subject to hydrolysis) is 1. The smallest absolute Gasteiger partial charge is 0.408 e. The van der Waals surface area contributed by atoms with Crippen LogP contribution in [0.1, 0.15) is 27.7 Å². The summed E-state index contributed by atoms with van der Waals surface area (Å²) in [7, 11) is 0. The topological polar surface area (TPSA) is 131 Å². The van der Waals surface area contributed by atoms with Crippen molar-refractivity contribution in [3.63, 3.8) is 0 Å². The molecular weight excluding hydrogens is 254 g/mol. The fourth-order valence-electron chi connectivity index (χ4n) is 1.06. The van der Waals surface area contributed by atoms with E-state index in [9.17, 15) is 14.4 Å². The first-order valence-corrected chi connectivity index (χ1v) is 5.79. The molecule has 5 N–H and O–H groups in total. The number of carboxylic acid groups (broad SMARTS) is 1. The van der Waals surface area contributed by atoms with E-state index < -0.39 is 35.7 Å². The van der Waals surface area contributed by atoms with Gasteiger partial charge in [0.1, 0.15) is 17.7 Å². The van der Waals surface area contributed by atoms with Crippen molar-refractivity contribution in [1.29, 1.82) is 0 Å². The number of carboxylic acids is 1. The maximum Gasteiger partial charge on any atom is 0.408 e. The molecule has 0 aliphatic carbocycles. The van der Waals surface area contributed by atoms with E-state index in [4.69, 9.17) is 15.6 Å². The number of aliphatic carboxylic acids is 1. The predicted molar refractivity (Wildman–Crippen MR) is 67.5 cm³/mol. The maximum atomic E-state index is 11.7. The van der Waals surface area contributed by atoms with E-state index in [-0.39, 0.29) is 6.54 Å². The zero-order valence-electron chi connectivity index (χ0n) is 11.5. The lowest BCUT2D eigenvalue weighted by Gasteiger charge is -2.23. The molecule has 0 aromatic heterocycles. The SMILES string of the molecule is C[C@H](NC(=O)[C@H](CN)NC(=O)OC(C)(C)C)C(=O)O. The van der Waals surface area contributed by atoms with Crippen molar-refractivity contribution in [1.82, 2.24) is 10.6 Å². The molecule has 110 valence electrons. The standard InChI is InChI=1S/C11H21N3O5/c1-6(9(16)17)13-8(15)7(5-12)14-10(18)19-11(2,3)4/h6-7H,5,12H2,1-4H3,(H,13,15)(H,14,18)(H,16,17)/t6-,7-/m0/s1. The van der Waals surface area contributed by atoms with Crippen LogP contribution in [0.25, 0.3) is 0 Å². The minimum absolute atomic E-state index is 0.169. The van der Waals surface area contributed by atoms with Crippen molar-refractivity contribution in [3.05, 3.63) is 0 Å². The summed E-state index contributed by atoms with van der Waals surface area (Å²) in [6.07, 6.45) is -0.791. The highest BCUT2D eigenvalue weighted by atomic mass is 16.6. The Kier molecular flexibility index (Phi) is 6.26. The number of carbonyl (C=O) groups is 3. The van der Waals surface area contributed by atoms with Crippen molar-refractivity contribution in [2.75, 3.05) is 6.54 Å². The second-order valence-electron chi connectivity index (χ2n) is 5.00. The Labute approximate surface area is 111 Å². The first kappa shape index (κ1) is 17.2. The number of nitrogens with two attached hydrogens (primary N) is 1. The molecule has 0 saturated heterocycles. The second-order valence-corrected chi connectivity index (χ2v) is 5.00. The number of hydrogen-bond donors (Lipinski definition) is 4. The van der Waals surface area contributed by atoms with E-state index in [1.54, 1.807) is 20.8 Å². The van der Waals surface area contributed by atoms with E-state index >= 15 is 0 Å². The minimum Gasteiger partial charge on any atom is -0.480 e. The first-order chi connectivity index (χ1) is 8.56. The van der Waals surface area contributed by atoms with Crippen LogP contribution in [0.4, 0.5) is 4.79 Å². The van der Waals surface area contributed by atoms with Crippen molar-refractivity contribution in [3.8, 4) is 0 Å². The number of ether oxygens (including phenoxy) is 1. The number of hydrogen-bond acceptors (Lipinski definition) is 5. The third-order valence-electron chi connectivity index (χ3n) is 1.97. The number of nitrogens with one attached hydrogen (secondary N) is 2. The highest BCUT2D eigenvalue weighted by Crippen LogP contribution is 2.06. The normalized spacial score (nSPS) is 14.2. The lowest BCUT2D eigenvalue weighted by Crippen LogP contribution is -2.54. The van der Waals surface area contributed by atoms with Crippen LogP contribution < -0.4 is 16.4 Å². The van der Waals surface area contributed by atoms with Crippen molar-refractivity contribution in [2.45, 2.75) is 45.4 Å². The molecule has 0 aromatic rings. The van der Waals surface area contributed by atoms with Gasteiger partial charge in [-0.1, -0.05) is 0 Å². The summed E-state index contributed by atoms with van der Waals surface area (Å²) in [5.74, 6) is -1.86. The predicted octanol–water partition coefficient (Wildman–Crippen LogP) is -0.572. The molecule has 0 fully saturated rings. The molecule has 0 saturated carbocycles. The van der Waals surface area contributed by atoms with Gasteiger partial charge in [0, 0.05) is 6.54 Å². The Balaban J connectivity index is 4.46. The molecule has 0 aromatic carbocycles. The van der Waals surface area contributed by atoms with Gasteiger partial charge in [-0.25, -0.2) is 4.79 Å². The van der Waals surface area contributed by atoms with Gasteiger partial charge in [0.15, 0.2) is 0 Å². The van der Waals surface area contributed by atoms with Crippen LogP contribution in [-0.4, -0.2) is 47.3 Å². The van der Waals surface area contributed by atoms with Gasteiger partial charge in [-0.15, -0.1) is 0 Å². The average molecular weight is 275 g/mol. The zero-order chi connectivity index (χ0) is 15.2. The third-order valence-corrected chi connectivity index (χ3v) is 1.97. The molecule has 8 heteroatoms. The van der Waals surface area contributed by atoms with Crippen LogP contribution in [0.5, 0.6) is 0 Å². The van der Waals surface area contributed by atoms with E-state index in [1.807, 2.05) is 0 Å². The molecule has 2 amide bonds. The Bertz CT molecular complexity index is 351. The highest BCUT2D eigenvalue weighted by Gasteiger charge is 2.25. The van der Waals surface area contributed by atoms with E-state index in [2.05, 4.69) is 10.6 Å². The molecule has 2 atom stereocenters. The fraction of sp³-hybridized carbons (Fsp3) is 0.727. The van der Waals surface area contributed by atoms with Gasteiger partial charge in [-0.2, -0.15) is 0 Å². The highest BCUT2D eigenvalue weighted by molar-refractivity contribution is 5.89. The minimum atomic E-state index is -1.18. The van der Waals surface area contributed by atoms with E-state index in [0.29, 0.717) is 0 Å². The number of rotatable bonds is 5. The molecule has 0 bridgehead atoms. The molecule has 19 heavy (non-hydrogen) atoms. The van der Waals surface area contributed by atoms with Gasteiger partial charge >= 0.3 is 12.1 Å². The van der Waals surface area contributed by atoms with Crippen LogP contribution >= 0.6 is 0 Å². The fourth-order valence-corrected chi connectivity index (χ4v) is 1.06. The van der Waals surface area contributed by atoms with E-state index in [1.165, 1.54) is 6.92 Å². The van der Waals surface area contributed by atoms with Crippen LogP contribution in [0.15, 0.2) is 0 Å². The monoisotopic (exact) mass is 275 g/mol. The molecular formula is C11H21N3O5. The van der Waals surface area contributed by atoms with Crippen LogP contribution in [0.3, 0.4) is 0 Å². The molecule has 0 heterocycles. The summed E-state index contributed by atoms with van der Waals surface area (Å²) in [6, 6.07) is -2.11. The molecule has 0 spiro atoms. The van der Waals surface area contributed by atoms with Crippen LogP contribution in [-0.2, 0) is 14.3 Å². The van der Waals surface area contributed by atoms with Gasteiger partial charge in [0.2, 0.25) is 5.91 Å². The van der Waals surface area contributed by atoms with Gasteiger partial charge in [-0.05, 0) is 27.7 Å². The first-order valence-electron chi connectivity index (χ1n) is 5.79. The zero-order valence-corrected chi connectivity index (χ0v) is 11.5. The molecule has 0 aliphatic rings. The summed E-state index contributed by atoms with van der Waals surface area (Å²) < 4.78 is 4.97. The van der Waals surface area contributed by atoms with Crippen LogP contribution in [0.2, 0.25) is 0 Å². The van der Waals surface area contributed by atoms with Gasteiger partial charge < -0.3 is 26.2 Å². The van der Waals surface area contributed by atoms with E-state index in [0.717, 1.165) is 0 Å². The molecule has 0 rings (SSSR count).